The van der Waals surface area contributed by atoms with E-state index in [0.29, 0.717) is 0 Å². The zero-order chi connectivity index (χ0) is 18.9. The summed E-state index contributed by atoms with van der Waals surface area (Å²) in [5, 5.41) is 0. The monoisotopic (exact) mass is 352 g/mol. The van der Waals surface area contributed by atoms with Crippen molar-refractivity contribution in [1.29, 1.82) is 0 Å². The van der Waals surface area contributed by atoms with Crippen molar-refractivity contribution in [2.45, 2.75) is 19.4 Å². The van der Waals surface area contributed by atoms with Gasteiger partial charge in [-0.05, 0) is 47.3 Å². The minimum Gasteiger partial charge on any atom is -0.364 e. The van der Waals surface area contributed by atoms with Gasteiger partial charge in [0.05, 0.1) is 0 Å². The Balaban J connectivity index is 2.06. The van der Waals surface area contributed by atoms with E-state index in [0.717, 1.165) is 5.56 Å². The fourth-order valence-electron chi connectivity index (χ4n) is 4.50. The van der Waals surface area contributed by atoms with Gasteiger partial charge in [-0.1, -0.05) is 91.0 Å². The normalized spacial score (nSPS) is 19.7. The van der Waals surface area contributed by atoms with Crippen LogP contribution in [-0.2, 0) is 10.3 Å². The molecule has 1 aliphatic carbocycles. The topological polar surface area (TPSA) is 9.23 Å². The summed E-state index contributed by atoms with van der Waals surface area (Å²) in [4.78, 5) is 0. The highest BCUT2D eigenvalue weighted by molar-refractivity contribution is 6.01. The predicted molar refractivity (Wildman–Crippen MR) is 113 cm³/mol. The zero-order valence-electron chi connectivity index (χ0n) is 16.1. The van der Waals surface area contributed by atoms with Crippen molar-refractivity contribution in [3.63, 3.8) is 0 Å². The van der Waals surface area contributed by atoms with Crippen LogP contribution in [0.15, 0.2) is 102 Å². The molecule has 1 heteroatoms. The summed E-state index contributed by atoms with van der Waals surface area (Å²) in [6.07, 6.45) is 0. The van der Waals surface area contributed by atoms with Gasteiger partial charge in [0.15, 0.2) is 0 Å². The van der Waals surface area contributed by atoms with E-state index in [-0.39, 0.29) is 0 Å². The Bertz CT molecular complexity index is 998. The molecule has 0 saturated heterocycles. The number of methoxy groups -OCH3 is 1. The fourth-order valence-corrected chi connectivity index (χ4v) is 4.50. The van der Waals surface area contributed by atoms with Gasteiger partial charge in [-0.3, -0.25) is 0 Å². The van der Waals surface area contributed by atoms with Gasteiger partial charge in [0, 0.05) is 12.7 Å². The highest BCUT2D eigenvalue weighted by atomic mass is 16.5. The van der Waals surface area contributed by atoms with E-state index in [9.17, 15) is 0 Å². The first kappa shape index (κ1) is 17.5. The lowest BCUT2D eigenvalue weighted by atomic mass is 9.79. The quantitative estimate of drug-likeness (QED) is 0.521. The van der Waals surface area contributed by atoms with Crippen molar-refractivity contribution in [2.75, 3.05) is 7.11 Å². The molecule has 3 aromatic carbocycles. The number of rotatable bonds is 4. The lowest BCUT2D eigenvalue weighted by Crippen LogP contribution is -2.30. The largest absolute Gasteiger partial charge is 0.364 e. The number of hydrogen-bond acceptors (Lipinski definition) is 1. The van der Waals surface area contributed by atoms with E-state index in [4.69, 9.17) is 4.74 Å². The first-order chi connectivity index (χ1) is 13.2. The predicted octanol–water partition coefficient (Wildman–Crippen LogP) is 6.49. The summed E-state index contributed by atoms with van der Waals surface area (Å²) in [5.74, 6) is 0. The second-order valence-corrected chi connectivity index (χ2v) is 6.98. The van der Waals surface area contributed by atoms with Crippen LogP contribution in [0.5, 0.6) is 0 Å². The number of ether oxygens (including phenoxy) is 1. The smallest absolute Gasteiger partial charge is 0.140 e. The van der Waals surface area contributed by atoms with Gasteiger partial charge in [-0.15, -0.1) is 0 Å². The van der Waals surface area contributed by atoms with Crippen LogP contribution in [0.2, 0.25) is 0 Å². The SMILES string of the molecule is COC1(c2ccccc2)C(C)=C(c2ccccc2)C(C)=C1c1ccccc1. The average molecular weight is 352 g/mol. The minimum absolute atomic E-state index is 0.585. The van der Waals surface area contributed by atoms with Crippen molar-refractivity contribution < 1.29 is 4.74 Å². The zero-order valence-corrected chi connectivity index (χ0v) is 16.1. The Kier molecular flexibility index (Phi) is 4.55. The van der Waals surface area contributed by atoms with Gasteiger partial charge in [0.1, 0.15) is 5.60 Å². The molecule has 0 aliphatic heterocycles. The maximum absolute atomic E-state index is 6.37. The standard InChI is InChI=1S/C26H24O/c1-19-24(21-13-7-4-8-14-21)20(2)26(27-3,23-17-11-6-12-18-23)25(19)22-15-9-5-10-16-22/h4-18H,1-3H3. The maximum atomic E-state index is 6.37. The van der Waals surface area contributed by atoms with Crippen LogP contribution < -0.4 is 0 Å². The average Bonchev–Trinajstić information content (AvgIpc) is 2.97. The molecule has 0 amide bonds. The Morgan fingerprint density at radius 2 is 1.11 bits per heavy atom. The second kappa shape index (κ2) is 7.02. The summed E-state index contributed by atoms with van der Waals surface area (Å²) in [6, 6.07) is 31.8. The van der Waals surface area contributed by atoms with E-state index in [1.54, 1.807) is 0 Å². The molecule has 27 heavy (non-hydrogen) atoms. The van der Waals surface area contributed by atoms with Crippen LogP contribution in [0.4, 0.5) is 0 Å². The molecule has 0 aromatic heterocycles. The molecular weight excluding hydrogens is 328 g/mol. The summed E-state index contributed by atoms with van der Waals surface area (Å²) in [7, 11) is 1.82. The highest BCUT2D eigenvalue weighted by Gasteiger charge is 2.46. The molecule has 134 valence electrons. The molecule has 0 bridgehead atoms. The van der Waals surface area contributed by atoms with Gasteiger partial charge in [-0.25, -0.2) is 0 Å². The summed E-state index contributed by atoms with van der Waals surface area (Å²) < 4.78 is 6.37. The number of benzene rings is 3. The molecule has 0 spiro atoms. The first-order valence-electron chi connectivity index (χ1n) is 9.34. The van der Waals surface area contributed by atoms with E-state index >= 15 is 0 Å². The summed E-state index contributed by atoms with van der Waals surface area (Å²) >= 11 is 0. The molecule has 0 N–H and O–H groups in total. The molecule has 0 radical (unpaired) electrons. The molecule has 0 fully saturated rings. The number of allylic oxidation sites excluding steroid dienone is 2. The van der Waals surface area contributed by atoms with E-state index in [1.807, 2.05) is 7.11 Å². The van der Waals surface area contributed by atoms with Crippen LogP contribution in [0, 0.1) is 0 Å². The van der Waals surface area contributed by atoms with E-state index < -0.39 is 5.60 Å². The Labute approximate surface area is 161 Å². The summed E-state index contributed by atoms with van der Waals surface area (Å²) in [6.45, 7) is 4.43. The number of hydrogen-bond donors (Lipinski definition) is 0. The van der Waals surface area contributed by atoms with Crippen molar-refractivity contribution in [1.82, 2.24) is 0 Å². The molecule has 3 aromatic rings. The summed E-state index contributed by atoms with van der Waals surface area (Å²) in [5.41, 5.74) is 8.02. The molecule has 1 nitrogen and oxygen atoms in total. The molecule has 1 unspecified atom stereocenters. The van der Waals surface area contributed by atoms with Gasteiger partial charge in [-0.2, -0.15) is 0 Å². The third-order valence-electron chi connectivity index (χ3n) is 5.62. The molecule has 0 heterocycles. The fraction of sp³-hybridized carbons (Fsp3) is 0.154. The van der Waals surface area contributed by atoms with Crippen molar-refractivity contribution in [3.8, 4) is 0 Å². The third kappa shape index (κ3) is 2.67. The van der Waals surface area contributed by atoms with Crippen molar-refractivity contribution in [3.05, 3.63) is 119 Å². The maximum Gasteiger partial charge on any atom is 0.140 e. The van der Waals surface area contributed by atoms with Crippen LogP contribution in [-0.4, -0.2) is 7.11 Å². The van der Waals surface area contributed by atoms with Gasteiger partial charge >= 0.3 is 0 Å². The van der Waals surface area contributed by atoms with Crippen LogP contribution in [0.3, 0.4) is 0 Å². The molecule has 1 atom stereocenters. The Morgan fingerprint density at radius 3 is 1.63 bits per heavy atom. The molecule has 4 rings (SSSR count). The third-order valence-corrected chi connectivity index (χ3v) is 5.62. The van der Waals surface area contributed by atoms with Crippen LogP contribution in [0.1, 0.15) is 30.5 Å². The van der Waals surface area contributed by atoms with Crippen molar-refractivity contribution in [2.24, 2.45) is 0 Å². The molecular formula is C26H24O. The first-order valence-corrected chi connectivity index (χ1v) is 9.34. The van der Waals surface area contributed by atoms with Gasteiger partial charge in [0.25, 0.3) is 0 Å². The molecule has 1 aliphatic rings. The van der Waals surface area contributed by atoms with Crippen LogP contribution >= 0.6 is 0 Å². The van der Waals surface area contributed by atoms with Gasteiger partial charge in [0.2, 0.25) is 0 Å². The molecule has 0 saturated carbocycles. The van der Waals surface area contributed by atoms with E-state index in [1.165, 1.54) is 33.4 Å². The Morgan fingerprint density at radius 1 is 0.630 bits per heavy atom. The van der Waals surface area contributed by atoms with Crippen molar-refractivity contribution >= 4 is 11.1 Å². The van der Waals surface area contributed by atoms with Gasteiger partial charge < -0.3 is 4.74 Å². The highest BCUT2D eigenvalue weighted by Crippen LogP contribution is 2.56. The van der Waals surface area contributed by atoms with E-state index in [2.05, 4.69) is 105 Å². The Hall–Kier alpha value is -2.90. The van der Waals surface area contributed by atoms with Crippen LogP contribution in [0.25, 0.3) is 11.1 Å². The lowest BCUT2D eigenvalue weighted by molar-refractivity contribution is 0.0732. The second-order valence-electron chi connectivity index (χ2n) is 6.98. The minimum atomic E-state index is -0.585. The lowest BCUT2D eigenvalue weighted by Gasteiger charge is -2.34.